The fraction of sp³-hybridized carbons (Fsp3) is 0.182. The van der Waals surface area contributed by atoms with Gasteiger partial charge in [0.25, 0.3) is 5.91 Å². The summed E-state index contributed by atoms with van der Waals surface area (Å²) in [5.74, 6) is -0.101. The summed E-state index contributed by atoms with van der Waals surface area (Å²) in [6.45, 7) is 4.79. The van der Waals surface area contributed by atoms with Crippen LogP contribution < -0.4 is 5.32 Å². The number of nitrogens with zero attached hydrogens (tertiary/aromatic N) is 2. The lowest BCUT2D eigenvalue weighted by Gasteiger charge is -2.17. The van der Waals surface area contributed by atoms with Crippen LogP contribution in [-0.2, 0) is 11.3 Å². The molecule has 2 aromatic carbocycles. The van der Waals surface area contributed by atoms with Gasteiger partial charge in [-0.1, -0.05) is 60.7 Å². The van der Waals surface area contributed by atoms with E-state index in [0.717, 1.165) is 23.4 Å². The number of carbonyl (C=O) groups excluding carboxylic acids is 1. The summed E-state index contributed by atoms with van der Waals surface area (Å²) in [7, 11) is 0. The van der Waals surface area contributed by atoms with Crippen molar-refractivity contribution in [3.8, 4) is 0 Å². The number of aryl methyl sites for hydroxylation is 1. The van der Waals surface area contributed by atoms with Gasteiger partial charge in [0.15, 0.2) is 0 Å². The molecule has 132 valence electrons. The Balaban J connectivity index is 1.89. The molecule has 0 saturated heterocycles. The maximum Gasteiger partial charge on any atom is 0.252 e. The molecule has 0 radical (unpaired) electrons. The van der Waals surface area contributed by atoms with E-state index in [9.17, 15) is 4.79 Å². The highest BCUT2D eigenvalue weighted by molar-refractivity contribution is 6.24. The van der Waals surface area contributed by atoms with E-state index < -0.39 is 0 Å². The van der Waals surface area contributed by atoms with Crippen molar-refractivity contribution in [3.05, 3.63) is 89.7 Å². The molecular formula is C22H23N3O. The first kappa shape index (κ1) is 17.7. The molecule has 0 aliphatic carbocycles. The minimum absolute atomic E-state index is 0.101. The summed E-state index contributed by atoms with van der Waals surface area (Å²) < 4.78 is 1.90. The Morgan fingerprint density at radius 1 is 1.08 bits per heavy atom. The van der Waals surface area contributed by atoms with Crippen LogP contribution in [-0.4, -0.2) is 15.7 Å². The minimum Gasteiger partial charge on any atom is -0.344 e. The molecule has 0 bridgehead atoms. The maximum atomic E-state index is 13.0. The quantitative estimate of drug-likeness (QED) is 0.534. The number of rotatable bonds is 6. The molecule has 4 heteroatoms. The predicted molar refractivity (Wildman–Crippen MR) is 105 cm³/mol. The topological polar surface area (TPSA) is 46.9 Å². The summed E-state index contributed by atoms with van der Waals surface area (Å²) in [5, 5.41) is 7.39. The van der Waals surface area contributed by atoms with Crippen molar-refractivity contribution in [1.29, 1.82) is 0 Å². The summed E-state index contributed by atoms with van der Waals surface area (Å²) in [6.07, 6.45) is 3.69. The van der Waals surface area contributed by atoms with Crippen molar-refractivity contribution < 1.29 is 4.79 Å². The summed E-state index contributed by atoms with van der Waals surface area (Å²) >= 11 is 0. The lowest BCUT2D eigenvalue weighted by atomic mass is 10.0. The third-order valence-electron chi connectivity index (χ3n) is 4.28. The highest BCUT2D eigenvalue weighted by atomic mass is 16.1. The molecule has 0 aliphatic rings. The molecule has 1 amide bonds. The van der Waals surface area contributed by atoms with Crippen molar-refractivity contribution >= 4 is 17.6 Å². The van der Waals surface area contributed by atoms with Crippen molar-refractivity contribution in [2.75, 3.05) is 0 Å². The second-order valence-electron chi connectivity index (χ2n) is 6.10. The molecule has 3 rings (SSSR count). The Morgan fingerprint density at radius 2 is 1.73 bits per heavy atom. The Labute approximate surface area is 154 Å². The molecule has 3 aromatic rings. The summed E-state index contributed by atoms with van der Waals surface area (Å²) in [4.78, 5) is 13.0. The van der Waals surface area contributed by atoms with Crippen LogP contribution in [0.1, 0.15) is 36.7 Å². The van der Waals surface area contributed by atoms with Crippen LogP contribution in [0.15, 0.2) is 72.9 Å². The van der Waals surface area contributed by atoms with Crippen molar-refractivity contribution in [3.63, 3.8) is 0 Å². The number of nitrogens with one attached hydrogen (secondary N) is 1. The Kier molecular flexibility index (Phi) is 5.64. The lowest BCUT2D eigenvalue weighted by Crippen LogP contribution is -2.29. The number of aromatic nitrogens is 2. The van der Waals surface area contributed by atoms with Crippen LogP contribution in [0.25, 0.3) is 11.6 Å². The van der Waals surface area contributed by atoms with E-state index in [0.29, 0.717) is 5.57 Å². The largest absolute Gasteiger partial charge is 0.344 e. The number of benzene rings is 2. The normalized spacial score (nSPS) is 12.6. The fourth-order valence-corrected chi connectivity index (χ4v) is 2.94. The number of amides is 1. The monoisotopic (exact) mass is 345 g/mol. The van der Waals surface area contributed by atoms with Crippen LogP contribution in [0, 0.1) is 0 Å². The highest BCUT2D eigenvalue weighted by Crippen LogP contribution is 2.20. The molecule has 4 nitrogen and oxygen atoms in total. The molecule has 0 aliphatic heterocycles. The molecule has 0 fully saturated rings. The van der Waals surface area contributed by atoms with Gasteiger partial charge in [-0.05, 0) is 37.1 Å². The standard InChI is InChI=1S/C22H23N3O/c1-3-25-21(14-15-23-25)17(2)24-22(26)20(19-12-8-5-9-13-19)16-18-10-6-4-7-11-18/h4-17H,3H2,1-2H3,(H,24,26)/b20-16-. The van der Waals surface area contributed by atoms with E-state index in [1.807, 2.05) is 91.3 Å². The van der Waals surface area contributed by atoms with Crippen LogP contribution in [0.4, 0.5) is 0 Å². The second kappa shape index (κ2) is 8.30. The average molecular weight is 345 g/mol. The van der Waals surface area contributed by atoms with E-state index in [2.05, 4.69) is 10.4 Å². The zero-order valence-electron chi connectivity index (χ0n) is 15.1. The molecule has 0 spiro atoms. The van der Waals surface area contributed by atoms with E-state index in [1.165, 1.54) is 0 Å². The molecular weight excluding hydrogens is 322 g/mol. The van der Waals surface area contributed by atoms with Gasteiger partial charge in [0, 0.05) is 18.3 Å². The van der Waals surface area contributed by atoms with E-state index in [-0.39, 0.29) is 11.9 Å². The van der Waals surface area contributed by atoms with Gasteiger partial charge in [-0.3, -0.25) is 9.48 Å². The molecule has 0 saturated carbocycles. The van der Waals surface area contributed by atoms with Gasteiger partial charge in [-0.15, -0.1) is 0 Å². The Morgan fingerprint density at radius 3 is 2.38 bits per heavy atom. The first-order chi connectivity index (χ1) is 12.7. The van der Waals surface area contributed by atoms with Gasteiger partial charge in [0.2, 0.25) is 0 Å². The van der Waals surface area contributed by atoms with E-state index in [4.69, 9.17) is 0 Å². The summed E-state index contributed by atoms with van der Waals surface area (Å²) in [5.41, 5.74) is 3.52. The van der Waals surface area contributed by atoms with Gasteiger partial charge in [0.05, 0.1) is 11.7 Å². The first-order valence-electron chi connectivity index (χ1n) is 8.83. The Hall–Kier alpha value is -3.14. The summed E-state index contributed by atoms with van der Waals surface area (Å²) in [6, 6.07) is 21.4. The Bertz CT molecular complexity index is 882. The lowest BCUT2D eigenvalue weighted by molar-refractivity contribution is -0.116. The van der Waals surface area contributed by atoms with Gasteiger partial charge in [-0.25, -0.2) is 0 Å². The minimum atomic E-state index is -0.132. The number of hydrogen-bond donors (Lipinski definition) is 1. The zero-order chi connectivity index (χ0) is 18.4. The molecule has 26 heavy (non-hydrogen) atoms. The van der Waals surface area contributed by atoms with Crippen LogP contribution in [0.3, 0.4) is 0 Å². The van der Waals surface area contributed by atoms with Crippen molar-refractivity contribution in [2.24, 2.45) is 0 Å². The van der Waals surface area contributed by atoms with E-state index in [1.54, 1.807) is 6.20 Å². The fourth-order valence-electron chi connectivity index (χ4n) is 2.94. The van der Waals surface area contributed by atoms with Crippen LogP contribution in [0.2, 0.25) is 0 Å². The number of hydrogen-bond acceptors (Lipinski definition) is 2. The average Bonchev–Trinajstić information content (AvgIpc) is 3.16. The molecule has 1 aromatic heterocycles. The number of carbonyl (C=O) groups is 1. The highest BCUT2D eigenvalue weighted by Gasteiger charge is 2.17. The van der Waals surface area contributed by atoms with Gasteiger partial charge >= 0.3 is 0 Å². The van der Waals surface area contributed by atoms with Gasteiger partial charge in [-0.2, -0.15) is 5.10 Å². The van der Waals surface area contributed by atoms with Crippen molar-refractivity contribution in [2.45, 2.75) is 26.4 Å². The maximum absolute atomic E-state index is 13.0. The molecule has 1 unspecified atom stereocenters. The third-order valence-corrected chi connectivity index (χ3v) is 4.28. The molecule has 1 N–H and O–H groups in total. The zero-order valence-corrected chi connectivity index (χ0v) is 15.1. The first-order valence-corrected chi connectivity index (χ1v) is 8.83. The molecule has 1 atom stereocenters. The van der Waals surface area contributed by atoms with E-state index >= 15 is 0 Å². The van der Waals surface area contributed by atoms with Gasteiger partial charge < -0.3 is 5.32 Å². The third kappa shape index (κ3) is 4.09. The van der Waals surface area contributed by atoms with Crippen molar-refractivity contribution in [1.82, 2.24) is 15.1 Å². The SMILES string of the molecule is CCn1nccc1C(C)NC(=O)/C(=C\c1ccccc1)c1ccccc1. The van der Waals surface area contributed by atoms with Crippen LogP contribution in [0.5, 0.6) is 0 Å². The van der Waals surface area contributed by atoms with Crippen LogP contribution >= 0.6 is 0 Å². The predicted octanol–water partition coefficient (Wildman–Crippen LogP) is 4.32. The van der Waals surface area contributed by atoms with Gasteiger partial charge in [0.1, 0.15) is 0 Å². The smallest absolute Gasteiger partial charge is 0.252 e. The second-order valence-corrected chi connectivity index (χ2v) is 6.10. The molecule has 1 heterocycles.